The number of hydrogen-bond donors (Lipinski definition) is 1. The fraction of sp³-hybridized carbons (Fsp3) is 0.267. The lowest BCUT2D eigenvalue weighted by Crippen LogP contribution is -2.30. The Bertz CT molecular complexity index is 1370. The van der Waals surface area contributed by atoms with Gasteiger partial charge in [0.2, 0.25) is 0 Å². The van der Waals surface area contributed by atoms with E-state index in [1.54, 1.807) is 61.5 Å². The first-order chi connectivity index (χ1) is 19.3. The van der Waals surface area contributed by atoms with E-state index >= 15 is 0 Å². The molecule has 0 radical (unpaired) electrons. The number of carbonyl (C=O) groups excluding carboxylic acids is 2. The highest BCUT2D eigenvalue weighted by Gasteiger charge is 2.28. The standard InChI is InChI=1S/C30H32ClNO8/c1-6-40-27(34)16-15-26(33)32(18-19-13-14-20(36-2)17-25(19)38-4)23-11-8-10-22(31)28(23)29(35)21-9-7-12-24(37-3)30(21)39-5/h7-17,29,35H,6,18H2,1-5H3/b16-15+. The van der Waals surface area contributed by atoms with E-state index in [0.717, 1.165) is 12.2 Å². The Labute approximate surface area is 238 Å². The number of benzene rings is 3. The number of anilines is 1. The molecule has 3 aromatic carbocycles. The molecule has 0 aliphatic carbocycles. The molecule has 1 N–H and O–H groups in total. The molecule has 0 aromatic heterocycles. The summed E-state index contributed by atoms with van der Waals surface area (Å²) >= 11 is 6.66. The molecular weight excluding hydrogens is 538 g/mol. The third kappa shape index (κ3) is 6.86. The van der Waals surface area contributed by atoms with E-state index in [9.17, 15) is 14.7 Å². The second-order valence-corrected chi connectivity index (χ2v) is 8.75. The highest BCUT2D eigenvalue weighted by atomic mass is 35.5. The number of carbonyl (C=O) groups is 2. The maximum atomic E-state index is 13.6. The molecule has 212 valence electrons. The summed E-state index contributed by atoms with van der Waals surface area (Å²) in [6.45, 7) is 1.84. The van der Waals surface area contributed by atoms with Gasteiger partial charge in [-0.25, -0.2) is 4.79 Å². The van der Waals surface area contributed by atoms with E-state index in [1.807, 2.05) is 0 Å². The van der Waals surface area contributed by atoms with Crippen molar-refractivity contribution in [2.45, 2.75) is 19.6 Å². The smallest absolute Gasteiger partial charge is 0.330 e. The third-order valence-electron chi connectivity index (χ3n) is 6.06. The Morgan fingerprint density at radius 3 is 2.30 bits per heavy atom. The number of methoxy groups -OCH3 is 4. The molecule has 0 saturated heterocycles. The van der Waals surface area contributed by atoms with Crippen molar-refractivity contribution in [3.05, 3.63) is 88.5 Å². The topological polar surface area (TPSA) is 104 Å². The molecule has 0 bridgehead atoms. The van der Waals surface area contributed by atoms with E-state index in [2.05, 4.69) is 0 Å². The van der Waals surface area contributed by atoms with Crippen molar-refractivity contribution >= 4 is 29.2 Å². The fourth-order valence-electron chi connectivity index (χ4n) is 4.17. The van der Waals surface area contributed by atoms with Crippen molar-refractivity contribution in [2.75, 3.05) is 39.9 Å². The van der Waals surface area contributed by atoms with Gasteiger partial charge < -0.3 is 33.7 Å². The molecule has 3 rings (SSSR count). The Balaban J connectivity index is 2.18. The first-order valence-electron chi connectivity index (χ1n) is 12.3. The van der Waals surface area contributed by atoms with Crippen molar-refractivity contribution in [1.29, 1.82) is 0 Å². The monoisotopic (exact) mass is 569 g/mol. The van der Waals surface area contributed by atoms with Gasteiger partial charge in [-0.15, -0.1) is 0 Å². The Morgan fingerprint density at radius 1 is 0.925 bits per heavy atom. The molecule has 40 heavy (non-hydrogen) atoms. The minimum atomic E-state index is -1.31. The van der Waals surface area contributed by atoms with E-state index in [4.69, 9.17) is 35.3 Å². The third-order valence-corrected chi connectivity index (χ3v) is 6.39. The maximum absolute atomic E-state index is 13.6. The van der Waals surface area contributed by atoms with E-state index < -0.39 is 18.0 Å². The van der Waals surface area contributed by atoms with E-state index in [0.29, 0.717) is 39.8 Å². The summed E-state index contributed by atoms with van der Waals surface area (Å²) in [5.41, 5.74) is 1.58. The molecule has 0 aliphatic rings. The summed E-state index contributed by atoms with van der Waals surface area (Å²) in [5, 5.41) is 11.9. The quantitative estimate of drug-likeness (QED) is 0.237. The predicted octanol–water partition coefficient (Wildman–Crippen LogP) is 5.11. The van der Waals surface area contributed by atoms with Crippen molar-refractivity contribution in [1.82, 2.24) is 0 Å². The number of ether oxygens (including phenoxy) is 5. The molecular formula is C30H32ClNO8. The second-order valence-electron chi connectivity index (χ2n) is 8.35. The molecule has 0 fully saturated rings. The van der Waals surface area contributed by atoms with Gasteiger partial charge in [-0.2, -0.15) is 0 Å². The number of amides is 1. The van der Waals surface area contributed by atoms with Gasteiger partial charge in [0, 0.05) is 39.9 Å². The van der Waals surface area contributed by atoms with Gasteiger partial charge >= 0.3 is 5.97 Å². The zero-order valence-electron chi connectivity index (χ0n) is 23.0. The van der Waals surface area contributed by atoms with Crippen LogP contribution in [0, 0.1) is 0 Å². The zero-order chi connectivity index (χ0) is 29.2. The molecule has 3 aromatic rings. The van der Waals surface area contributed by atoms with Gasteiger partial charge in [-0.3, -0.25) is 4.79 Å². The number of rotatable bonds is 12. The van der Waals surface area contributed by atoms with E-state index in [-0.39, 0.29) is 23.7 Å². The van der Waals surface area contributed by atoms with Gasteiger partial charge in [-0.05, 0) is 37.3 Å². The lowest BCUT2D eigenvalue weighted by molar-refractivity contribution is -0.137. The molecule has 1 atom stereocenters. The van der Waals surface area contributed by atoms with Crippen molar-refractivity contribution in [3.63, 3.8) is 0 Å². The molecule has 0 spiro atoms. The van der Waals surface area contributed by atoms with E-state index in [1.165, 1.54) is 33.3 Å². The van der Waals surface area contributed by atoms with Gasteiger partial charge in [0.15, 0.2) is 11.5 Å². The molecule has 1 amide bonds. The summed E-state index contributed by atoms with van der Waals surface area (Å²) in [4.78, 5) is 27.0. The largest absolute Gasteiger partial charge is 0.497 e. The first kappa shape index (κ1) is 30.3. The van der Waals surface area contributed by atoms with Crippen LogP contribution in [0.1, 0.15) is 29.7 Å². The normalized spacial score (nSPS) is 11.6. The Kier molecular flexibility index (Phi) is 10.8. The van der Waals surface area contributed by atoms with Gasteiger partial charge in [0.25, 0.3) is 5.91 Å². The number of aliphatic hydroxyl groups excluding tert-OH is 1. The number of para-hydroxylation sites is 1. The highest BCUT2D eigenvalue weighted by molar-refractivity contribution is 6.32. The fourth-order valence-corrected chi connectivity index (χ4v) is 4.44. The lowest BCUT2D eigenvalue weighted by atomic mass is 9.97. The van der Waals surface area contributed by atoms with Gasteiger partial charge in [0.05, 0.1) is 47.3 Å². The van der Waals surface area contributed by atoms with Crippen LogP contribution in [0.25, 0.3) is 0 Å². The maximum Gasteiger partial charge on any atom is 0.330 e. The Hall–Kier alpha value is -4.21. The number of aliphatic hydroxyl groups is 1. The minimum absolute atomic E-state index is 0.00841. The van der Waals surface area contributed by atoms with Crippen LogP contribution in [-0.2, 0) is 20.9 Å². The molecule has 0 saturated carbocycles. The second kappa shape index (κ2) is 14.3. The average molecular weight is 570 g/mol. The first-order valence-corrected chi connectivity index (χ1v) is 12.7. The van der Waals surface area contributed by atoms with Gasteiger partial charge in [-0.1, -0.05) is 29.8 Å². The number of hydrogen-bond acceptors (Lipinski definition) is 8. The van der Waals surface area contributed by atoms with Crippen LogP contribution < -0.4 is 23.8 Å². The summed E-state index contributed by atoms with van der Waals surface area (Å²) in [6.07, 6.45) is 0.850. The summed E-state index contributed by atoms with van der Waals surface area (Å²) in [6, 6.07) is 15.2. The van der Waals surface area contributed by atoms with Crippen LogP contribution in [-0.4, -0.2) is 52.0 Å². The molecule has 10 heteroatoms. The van der Waals surface area contributed by atoms with Crippen LogP contribution in [0.4, 0.5) is 5.69 Å². The van der Waals surface area contributed by atoms with Gasteiger partial charge in [0.1, 0.15) is 17.6 Å². The van der Waals surface area contributed by atoms with Crippen LogP contribution in [0.5, 0.6) is 23.0 Å². The molecule has 1 unspecified atom stereocenters. The number of nitrogens with zero attached hydrogens (tertiary/aromatic N) is 1. The lowest BCUT2D eigenvalue weighted by Gasteiger charge is -2.28. The molecule has 0 aliphatic heterocycles. The van der Waals surface area contributed by atoms with Crippen molar-refractivity contribution < 1.29 is 38.4 Å². The van der Waals surface area contributed by atoms with Crippen LogP contribution in [0.2, 0.25) is 5.02 Å². The predicted molar refractivity (Wildman–Crippen MR) is 152 cm³/mol. The SMILES string of the molecule is CCOC(=O)/C=C/C(=O)N(Cc1ccc(OC)cc1OC)c1cccc(Cl)c1C(O)c1cccc(OC)c1OC. The summed E-state index contributed by atoms with van der Waals surface area (Å²) in [5.74, 6) is 0.570. The van der Waals surface area contributed by atoms with Crippen LogP contribution in [0.3, 0.4) is 0 Å². The summed E-state index contributed by atoms with van der Waals surface area (Å²) < 4.78 is 26.7. The number of esters is 1. The van der Waals surface area contributed by atoms with Crippen molar-refractivity contribution in [2.24, 2.45) is 0 Å². The van der Waals surface area contributed by atoms with Crippen LogP contribution >= 0.6 is 11.6 Å². The highest BCUT2D eigenvalue weighted by Crippen LogP contribution is 2.43. The molecule has 0 heterocycles. The zero-order valence-corrected chi connectivity index (χ0v) is 23.7. The molecule has 9 nitrogen and oxygen atoms in total. The summed E-state index contributed by atoms with van der Waals surface area (Å²) in [7, 11) is 6.01. The Morgan fingerprint density at radius 2 is 1.65 bits per heavy atom. The van der Waals surface area contributed by atoms with Crippen molar-refractivity contribution in [3.8, 4) is 23.0 Å². The number of halogens is 1. The minimum Gasteiger partial charge on any atom is -0.497 e. The average Bonchev–Trinajstić information content (AvgIpc) is 2.97. The van der Waals surface area contributed by atoms with Crippen LogP contribution in [0.15, 0.2) is 66.7 Å².